The minimum atomic E-state index is -4.54. The van der Waals surface area contributed by atoms with Gasteiger partial charge in [-0.2, -0.15) is 13.2 Å². The van der Waals surface area contributed by atoms with Gasteiger partial charge >= 0.3 is 6.18 Å². The highest BCUT2D eigenvalue weighted by Gasteiger charge is 2.55. The van der Waals surface area contributed by atoms with E-state index in [-0.39, 0.29) is 12.1 Å². The number of aliphatic hydroxyl groups is 1. The summed E-state index contributed by atoms with van der Waals surface area (Å²) >= 11 is 0. The number of allylic oxidation sites excluding steroid dienone is 2. The first kappa shape index (κ1) is 31.3. The Hall–Kier alpha value is -4.08. The van der Waals surface area contributed by atoms with Gasteiger partial charge in [0.25, 0.3) is 5.91 Å². The van der Waals surface area contributed by atoms with Gasteiger partial charge in [0.2, 0.25) is 0 Å². The van der Waals surface area contributed by atoms with Crippen LogP contribution < -0.4 is 14.4 Å². The zero-order valence-corrected chi connectivity index (χ0v) is 25.4. The van der Waals surface area contributed by atoms with Crippen LogP contribution in [-0.4, -0.2) is 36.9 Å². The van der Waals surface area contributed by atoms with E-state index in [4.69, 9.17) is 14.2 Å². The van der Waals surface area contributed by atoms with E-state index in [0.29, 0.717) is 40.3 Å². The summed E-state index contributed by atoms with van der Waals surface area (Å²) in [6, 6.07) is 15.0. The van der Waals surface area contributed by atoms with Crippen LogP contribution in [0, 0.1) is 0 Å². The van der Waals surface area contributed by atoms with Gasteiger partial charge in [-0.25, -0.2) is 0 Å². The van der Waals surface area contributed by atoms with Crippen molar-refractivity contribution in [2.45, 2.75) is 63.6 Å². The number of alkyl halides is 3. The molecule has 1 amide bonds. The van der Waals surface area contributed by atoms with Crippen LogP contribution in [0.1, 0.15) is 61.4 Å². The molecule has 5 rings (SSSR count). The van der Waals surface area contributed by atoms with Gasteiger partial charge in [-0.1, -0.05) is 42.0 Å². The number of fused-ring (bicyclic) bond motifs is 3. The third-order valence-corrected chi connectivity index (χ3v) is 8.21. The van der Waals surface area contributed by atoms with Crippen molar-refractivity contribution < 1.29 is 37.3 Å². The first-order chi connectivity index (χ1) is 20.8. The fourth-order valence-corrected chi connectivity index (χ4v) is 5.91. The molecule has 6 nitrogen and oxygen atoms in total. The Morgan fingerprint density at radius 2 is 1.82 bits per heavy atom. The number of amides is 1. The topological polar surface area (TPSA) is 68.2 Å². The summed E-state index contributed by atoms with van der Waals surface area (Å²) < 4.78 is 58.4. The summed E-state index contributed by atoms with van der Waals surface area (Å²) in [5, 5.41) is 12.7. The predicted molar refractivity (Wildman–Crippen MR) is 163 cm³/mol. The number of rotatable bonds is 8. The molecule has 2 heterocycles. The number of nitrogens with zero attached hydrogens (tertiary/aromatic N) is 1. The molecule has 0 saturated carbocycles. The Morgan fingerprint density at radius 1 is 1.09 bits per heavy atom. The number of benzene rings is 3. The molecule has 0 aromatic heterocycles. The highest BCUT2D eigenvalue weighted by atomic mass is 19.4. The summed E-state index contributed by atoms with van der Waals surface area (Å²) in [6.45, 7) is 5.84. The minimum absolute atomic E-state index is 0.180. The Kier molecular flexibility index (Phi) is 8.39. The van der Waals surface area contributed by atoms with Crippen LogP contribution in [-0.2, 0) is 27.9 Å². The van der Waals surface area contributed by atoms with Gasteiger partial charge in [-0.05, 0) is 87.2 Å². The lowest BCUT2D eigenvalue weighted by Gasteiger charge is -2.46. The van der Waals surface area contributed by atoms with Crippen LogP contribution in [0.25, 0.3) is 6.08 Å². The van der Waals surface area contributed by atoms with Crippen molar-refractivity contribution in [3.63, 3.8) is 0 Å². The first-order valence-electron chi connectivity index (χ1n) is 14.4. The third kappa shape index (κ3) is 5.74. The molecular formula is C35H36F3NO5. The fourth-order valence-electron chi connectivity index (χ4n) is 5.91. The van der Waals surface area contributed by atoms with Crippen LogP contribution in [0.15, 0.2) is 78.4 Å². The SMILES string of the molecule is COc1ccc([C@]2(O)c3c(ccc4c3O[C@](C)(CCC=C(C)C)C=C4)N(Cc3cccc(C(F)(F)F)c3)C(=O)[C@H]2OC)cc1. The second-order valence-corrected chi connectivity index (χ2v) is 11.7. The molecule has 3 aromatic rings. The van der Waals surface area contributed by atoms with Crippen molar-refractivity contribution in [1.29, 1.82) is 0 Å². The van der Waals surface area contributed by atoms with E-state index in [1.807, 2.05) is 32.9 Å². The second kappa shape index (κ2) is 11.8. The Morgan fingerprint density at radius 3 is 2.45 bits per heavy atom. The van der Waals surface area contributed by atoms with Crippen molar-refractivity contribution in [2.75, 3.05) is 19.1 Å². The smallest absolute Gasteiger partial charge is 0.416 e. The lowest BCUT2D eigenvalue weighted by atomic mass is 9.75. The van der Waals surface area contributed by atoms with E-state index in [1.165, 1.54) is 36.8 Å². The summed E-state index contributed by atoms with van der Waals surface area (Å²) in [7, 11) is 2.85. The predicted octanol–water partition coefficient (Wildman–Crippen LogP) is 7.42. The standard InChI is InChI=1S/C35H36F3NO5/c1-22(2)8-7-18-33(3)19-17-24-11-16-28-29(30(24)44-33)34(41,25-12-14-27(42-4)15-13-25)31(43-5)32(40)39(28)21-23-9-6-10-26(20-23)35(36,37)38/h6,8-17,19-20,31,41H,7,18,21H2,1-5H3/t31-,33-,34+/m1/s1. The van der Waals surface area contributed by atoms with Crippen molar-refractivity contribution in [3.8, 4) is 11.5 Å². The van der Waals surface area contributed by atoms with E-state index in [0.717, 1.165) is 18.6 Å². The van der Waals surface area contributed by atoms with E-state index in [2.05, 4.69) is 6.08 Å². The number of hydrogen-bond donors (Lipinski definition) is 1. The van der Waals surface area contributed by atoms with Crippen molar-refractivity contribution in [2.24, 2.45) is 0 Å². The second-order valence-electron chi connectivity index (χ2n) is 11.7. The first-order valence-corrected chi connectivity index (χ1v) is 14.4. The number of methoxy groups -OCH3 is 2. The van der Waals surface area contributed by atoms with Crippen molar-refractivity contribution >= 4 is 17.7 Å². The summed E-state index contributed by atoms with van der Waals surface area (Å²) in [5.41, 5.74) is -0.407. The Balaban J connectivity index is 1.70. The average molecular weight is 608 g/mol. The lowest BCUT2D eigenvalue weighted by molar-refractivity contribution is -0.146. The molecule has 0 bridgehead atoms. The summed E-state index contributed by atoms with van der Waals surface area (Å²) in [5.74, 6) is 0.334. The molecule has 0 fully saturated rings. The number of ether oxygens (including phenoxy) is 3. The van der Waals surface area contributed by atoms with Crippen molar-refractivity contribution in [3.05, 3.63) is 106 Å². The van der Waals surface area contributed by atoms with Crippen LogP contribution >= 0.6 is 0 Å². The maximum atomic E-state index is 14.2. The number of halogens is 3. The van der Waals surface area contributed by atoms with E-state index in [9.17, 15) is 23.1 Å². The van der Waals surface area contributed by atoms with Crippen LogP contribution in [0.5, 0.6) is 11.5 Å². The molecular weight excluding hydrogens is 571 g/mol. The zero-order valence-electron chi connectivity index (χ0n) is 25.4. The molecule has 3 aromatic carbocycles. The molecule has 0 unspecified atom stereocenters. The van der Waals surface area contributed by atoms with E-state index in [1.54, 1.807) is 36.4 Å². The largest absolute Gasteiger partial charge is 0.497 e. The van der Waals surface area contributed by atoms with Crippen molar-refractivity contribution in [1.82, 2.24) is 0 Å². The molecule has 0 spiro atoms. The summed E-state index contributed by atoms with van der Waals surface area (Å²) in [4.78, 5) is 15.5. The molecule has 0 saturated heterocycles. The molecule has 1 N–H and O–H groups in total. The molecule has 0 radical (unpaired) electrons. The van der Waals surface area contributed by atoms with Gasteiger partial charge in [-0.15, -0.1) is 0 Å². The van der Waals surface area contributed by atoms with Crippen LogP contribution in [0.3, 0.4) is 0 Å². The van der Waals surface area contributed by atoms with Gasteiger partial charge in [-0.3, -0.25) is 4.79 Å². The lowest BCUT2D eigenvalue weighted by Crippen LogP contribution is -2.57. The van der Waals surface area contributed by atoms with Crippen LogP contribution in [0.2, 0.25) is 0 Å². The molecule has 232 valence electrons. The van der Waals surface area contributed by atoms with Gasteiger partial charge in [0.1, 0.15) is 17.1 Å². The zero-order chi connectivity index (χ0) is 31.9. The van der Waals surface area contributed by atoms with Gasteiger partial charge in [0.15, 0.2) is 11.7 Å². The monoisotopic (exact) mass is 607 g/mol. The third-order valence-electron chi connectivity index (χ3n) is 8.21. The van der Waals surface area contributed by atoms with Gasteiger partial charge < -0.3 is 24.2 Å². The fraction of sp³-hybridized carbons (Fsp3) is 0.343. The number of anilines is 1. The number of carbonyl (C=O) groups is 1. The van der Waals surface area contributed by atoms with E-state index >= 15 is 0 Å². The van der Waals surface area contributed by atoms with Gasteiger partial charge in [0, 0.05) is 12.7 Å². The molecule has 0 aliphatic carbocycles. The molecule has 3 atom stereocenters. The van der Waals surface area contributed by atoms with Gasteiger partial charge in [0.05, 0.1) is 30.5 Å². The normalized spacial score (nSPS) is 22.6. The Labute approximate surface area is 255 Å². The number of hydrogen-bond acceptors (Lipinski definition) is 5. The maximum absolute atomic E-state index is 14.2. The quantitative estimate of drug-likeness (QED) is 0.270. The highest BCUT2D eigenvalue weighted by Crippen LogP contribution is 2.52. The molecule has 44 heavy (non-hydrogen) atoms. The average Bonchev–Trinajstić information content (AvgIpc) is 2.98. The summed E-state index contributed by atoms with van der Waals surface area (Å²) in [6.07, 6.45) is 1.48. The molecule has 2 aliphatic heterocycles. The maximum Gasteiger partial charge on any atom is 0.416 e. The molecule has 9 heteroatoms. The minimum Gasteiger partial charge on any atom is -0.497 e. The van der Waals surface area contributed by atoms with E-state index < -0.39 is 35.0 Å². The molecule has 2 aliphatic rings. The van der Waals surface area contributed by atoms with Crippen LogP contribution in [0.4, 0.5) is 18.9 Å². The Bertz CT molecular complexity index is 1610. The highest BCUT2D eigenvalue weighted by molar-refractivity contribution is 6.03. The number of carbonyl (C=O) groups excluding carboxylic acids is 1.